The van der Waals surface area contributed by atoms with Crippen LogP contribution in [0, 0.1) is 5.41 Å². The largest absolute Gasteiger partial charge is 0.508 e. The number of hydrogen-bond acceptors (Lipinski definition) is 3. The summed E-state index contributed by atoms with van der Waals surface area (Å²) in [5.74, 6) is 0.332. The number of phenolic OH excluding ortho intramolecular Hbond substituents is 1. The third-order valence-corrected chi connectivity index (χ3v) is 4.06. The first kappa shape index (κ1) is 16.3. The molecule has 1 aromatic carbocycles. The molecule has 2 rings (SSSR count). The summed E-state index contributed by atoms with van der Waals surface area (Å²) in [5, 5.41) is 13.5. The van der Waals surface area contributed by atoms with Gasteiger partial charge in [0, 0.05) is 18.7 Å². The van der Waals surface area contributed by atoms with E-state index in [0.29, 0.717) is 12.4 Å². The molecule has 1 atom stereocenters. The van der Waals surface area contributed by atoms with E-state index in [4.69, 9.17) is 4.74 Å². The number of morpholine rings is 1. The van der Waals surface area contributed by atoms with E-state index < -0.39 is 0 Å². The van der Waals surface area contributed by atoms with Crippen molar-refractivity contribution in [2.75, 3.05) is 19.7 Å². The minimum Gasteiger partial charge on any atom is -0.508 e. The quantitative estimate of drug-likeness (QED) is 0.891. The van der Waals surface area contributed by atoms with E-state index in [0.717, 1.165) is 25.1 Å². The van der Waals surface area contributed by atoms with E-state index in [2.05, 4.69) is 46.0 Å². The van der Waals surface area contributed by atoms with Crippen LogP contribution >= 0.6 is 0 Å². The molecule has 1 fully saturated rings. The summed E-state index contributed by atoms with van der Waals surface area (Å²) in [6, 6.07) is 5.98. The Hall–Kier alpha value is -1.06. The van der Waals surface area contributed by atoms with Crippen molar-refractivity contribution in [1.29, 1.82) is 0 Å². The lowest BCUT2D eigenvalue weighted by Crippen LogP contribution is -2.33. The van der Waals surface area contributed by atoms with Crippen LogP contribution in [0.1, 0.15) is 58.3 Å². The number of phenols is 1. The number of aromatic hydroxyl groups is 1. The van der Waals surface area contributed by atoms with Crippen LogP contribution in [-0.2, 0) is 10.2 Å². The molecule has 2 N–H and O–H groups in total. The highest BCUT2D eigenvalue weighted by Crippen LogP contribution is 2.39. The third kappa shape index (κ3) is 4.21. The van der Waals surface area contributed by atoms with Crippen LogP contribution < -0.4 is 5.32 Å². The van der Waals surface area contributed by atoms with Crippen LogP contribution in [0.2, 0.25) is 0 Å². The van der Waals surface area contributed by atoms with Crippen LogP contribution in [0.4, 0.5) is 0 Å². The lowest BCUT2D eigenvalue weighted by molar-refractivity contribution is 0.0262. The molecule has 21 heavy (non-hydrogen) atoms. The fourth-order valence-corrected chi connectivity index (χ4v) is 3.43. The molecule has 0 radical (unpaired) electrons. The van der Waals surface area contributed by atoms with Gasteiger partial charge < -0.3 is 15.2 Å². The monoisotopic (exact) mass is 291 g/mol. The highest BCUT2D eigenvalue weighted by molar-refractivity contribution is 5.40. The van der Waals surface area contributed by atoms with Gasteiger partial charge in [-0.3, -0.25) is 0 Å². The Labute approximate surface area is 128 Å². The number of ether oxygens (including phenoxy) is 1. The zero-order chi connectivity index (χ0) is 15.7. The van der Waals surface area contributed by atoms with Gasteiger partial charge in [-0.05, 0) is 34.9 Å². The number of hydrogen-bond donors (Lipinski definition) is 2. The first-order valence-corrected chi connectivity index (χ1v) is 7.85. The number of rotatable bonds is 3. The van der Waals surface area contributed by atoms with Crippen molar-refractivity contribution in [2.24, 2.45) is 5.41 Å². The number of nitrogens with one attached hydrogen (secondary N) is 1. The molecule has 1 aliphatic rings. The van der Waals surface area contributed by atoms with Crippen molar-refractivity contribution in [3.8, 4) is 5.75 Å². The first-order valence-electron chi connectivity index (χ1n) is 7.85. The van der Waals surface area contributed by atoms with Gasteiger partial charge in [-0.15, -0.1) is 0 Å². The molecule has 0 aliphatic carbocycles. The SMILES string of the molecule is CC(C)(C)CC(C)(C)c1ccc(O)c(C2CNCCO2)c1. The molecule has 0 bridgehead atoms. The fraction of sp³-hybridized carbons (Fsp3) is 0.667. The van der Waals surface area contributed by atoms with Gasteiger partial charge in [-0.2, -0.15) is 0 Å². The molecule has 3 heteroatoms. The summed E-state index contributed by atoms with van der Waals surface area (Å²) < 4.78 is 5.79. The van der Waals surface area contributed by atoms with Gasteiger partial charge in [0.05, 0.1) is 12.7 Å². The summed E-state index contributed by atoms with van der Waals surface area (Å²) in [6.07, 6.45) is 1.04. The van der Waals surface area contributed by atoms with Crippen LogP contribution in [0.5, 0.6) is 5.75 Å². The molecular weight excluding hydrogens is 262 g/mol. The second kappa shape index (κ2) is 5.98. The van der Waals surface area contributed by atoms with Gasteiger partial charge in [0.15, 0.2) is 0 Å². The van der Waals surface area contributed by atoms with Crippen molar-refractivity contribution in [3.63, 3.8) is 0 Å². The Morgan fingerprint density at radius 1 is 1.24 bits per heavy atom. The molecule has 1 saturated heterocycles. The molecule has 1 aliphatic heterocycles. The summed E-state index contributed by atoms with van der Waals surface area (Å²) >= 11 is 0. The lowest BCUT2D eigenvalue weighted by Gasteiger charge is -2.34. The summed E-state index contributed by atoms with van der Waals surface area (Å²) in [7, 11) is 0. The zero-order valence-electron chi connectivity index (χ0n) is 14.0. The molecule has 0 saturated carbocycles. The summed E-state index contributed by atoms with van der Waals surface area (Å²) in [5.41, 5.74) is 2.51. The fourth-order valence-electron chi connectivity index (χ4n) is 3.43. The standard InChI is InChI=1S/C18H29NO2/c1-17(2,3)12-18(4,5)13-6-7-15(20)14(10-13)16-11-19-8-9-21-16/h6-7,10,16,19-20H,8-9,11-12H2,1-5H3. The lowest BCUT2D eigenvalue weighted by atomic mass is 9.72. The zero-order valence-corrected chi connectivity index (χ0v) is 14.0. The molecule has 1 aromatic rings. The maximum Gasteiger partial charge on any atom is 0.121 e. The smallest absolute Gasteiger partial charge is 0.121 e. The van der Waals surface area contributed by atoms with Crippen LogP contribution in [0.15, 0.2) is 18.2 Å². The highest BCUT2D eigenvalue weighted by atomic mass is 16.5. The van der Waals surface area contributed by atoms with Crippen molar-refractivity contribution >= 4 is 0 Å². The summed E-state index contributed by atoms with van der Waals surface area (Å²) in [4.78, 5) is 0. The van der Waals surface area contributed by atoms with E-state index in [-0.39, 0.29) is 16.9 Å². The predicted octanol–water partition coefficient (Wildman–Crippen LogP) is 3.77. The average Bonchev–Trinajstić information content (AvgIpc) is 2.37. The van der Waals surface area contributed by atoms with E-state index in [1.807, 2.05) is 12.1 Å². The van der Waals surface area contributed by atoms with E-state index in [9.17, 15) is 5.11 Å². The van der Waals surface area contributed by atoms with E-state index >= 15 is 0 Å². The van der Waals surface area contributed by atoms with Crippen LogP contribution in [0.25, 0.3) is 0 Å². The average molecular weight is 291 g/mol. The maximum atomic E-state index is 10.2. The minimum absolute atomic E-state index is 0.0517. The van der Waals surface area contributed by atoms with Crippen LogP contribution in [-0.4, -0.2) is 24.8 Å². The van der Waals surface area contributed by atoms with E-state index in [1.165, 1.54) is 5.56 Å². The Morgan fingerprint density at radius 2 is 1.95 bits per heavy atom. The molecule has 1 unspecified atom stereocenters. The van der Waals surface area contributed by atoms with Crippen molar-refractivity contribution < 1.29 is 9.84 Å². The molecular formula is C18H29NO2. The van der Waals surface area contributed by atoms with Crippen LogP contribution in [0.3, 0.4) is 0 Å². The third-order valence-electron chi connectivity index (χ3n) is 4.06. The van der Waals surface area contributed by atoms with Gasteiger partial charge in [-0.25, -0.2) is 0 Å². The Bertz CT molecular complexity index is 482. The van der Waals surface area contributed by atoms with E-state index in [1.54, 1.807) is 0 Å². The Kier molecular flexibility index (Phi) is 4.64. The summed E-state index contributed by atoms with van der Waals surface area (Å²) in [6.45, 7) is 13.7. The molecule has 0 aromatic heterocycles. The second-order valence-corrected chi connectivity index (χ2v) is 7.96. The van der Waals surface area contributed by atoms with Crippen molar-refractivity contribution in [3.05, 3.63) is 29.3 Å². The Balaban J connectivity index is 2.29. The van der Waals surface area contributed by atoms with Crippen molar-refractivity contribution in [2.45, 2.75) is 52.6 Å². The van der Waals surface area contributed by atoms with Gasteiger partial charge in [-0.1, -0.05) is 40.7 Å². The first-order chi connectivity index (χ1) is 9.69. The normalized spacial score (nSPS) is 20.5. The number of benzene rings is 1. The highest BCUT2D eigenvalue weighted by Gasteiger charge is 2.29. The van der Waals surface area contributed by atoms with Gasteiger partial charge >= 0.3 is 0 Å². The van der Waals surface area contributed by atoms with Gasteiger partial charge in [0.25, 0.3) is 0 Å². The topological polar surface area (TPSA) is 41.5 Å². The van der Waals surface area contributed by atoms with Crippen molar-refractivity contribution in [1.82, 2.24) is 5.32 Å². The minimum atomic E-state index is -0.0517. The predicted molar refractivity (Wildman–Crippen MR) is 86.8 cm³/mol. The molecule has 0 spiro atoms. The second-order valence-electron chi connectivity index (χ2n) is 7.96. The molecule has 3 nitrogen and oxygen atoms in total. The molecule has 118 valence electrons. The van der Waals surface area contributed by atoms with Gasteiger partial charge in [0.2, 0.25) is 0 Å². The molecule has 0 amide bonds. The Morgan fingerprint density at radius 3 is 2.52 bits per heavy atom. The molecule has 1 heterocycles. The van der Waals surface area contributed by atoms with Gasteiger partial charge in [0.1, 0.15) is 5.75 Å². The maximum absolute atomic E-state index is 10.2.